The summed E-state index contributed by atoms with van der Waals surface area (Å²) in [4.78, 5) is 40.8. The summed E-state index contributed by atoms with van der Waals surface area (Å²) in [6.45, 7) is 7.36. The molecule has 146 valence electrons. The molecule has 1 heterocycles. The predicted octanol–water partition coefficient (Wildman–Crippen LogP) is 1.88. The molecule has 3 amide bonds. The minimum Gasteiger partial charge on any atom is -0.489 e. The lowest BCUT2D eigenvalue weighted by molar-refractivity contribution is -0.146. The Morgan fingerprint density at radius 3 is 2.19 bits per heavy atom. The Morgan fingerprint density at radius 1 is 1.04 bits per heavy atom. The van der Waals surface area contributed by atoms with E-state index in [1.54, 1.807) is 21.9 Å². The first-order chi connectivity index (χ1) is 12.8. The molecule has 7 heteroatoms. The van der Waals surface area contributed by atoms with E-state index in [1.165, 1.54) is 6.92 Å². The summed E-state index contributed by atoms with van der Waals surface area (Å²) in [6, 6.07) is 7.25. The van der Waals surface area contributed by atoms with E-state index in [4.69, 9.17) is 4.74 Å². The molecule has 1 N–H and O–H groups in total. The molecule has 7 nitrogen and oxygen atoms in total. The molecule has 0 atom stereocenters. The van der Waals surface area contributed by atoms with Gasteiger partial charge in [-0.2, -0.15) is 0 Å². The lowest BCUT2D eigenvalue weighted by Gasteiger charge is -2.36. The van der Waals surface area contributed by atoms with Gasteiger partial charge in [-0.15, -0.1) is 0 Å². The van der Waals surface area contributed by atoms with E-state index in [2.05, 4.69) is 5.32 Å². The number of piperazine rings is 1. The van der Waals surface area contributed by atoms with Crippen LogP contribution in [-0.2, 0) is 14.4 Å². The SMILES string of the molecule is CC(=O)N1CCN(C(=O)C2(C(=O)Nc3ccccc3OC(C)C)CC2)CC1. The van der Waals surface area contributed by atoms with E-state index in [-0.39, 0.29) is 23.8 Å². The number of hydrogen-bond acceptors (Lipinski definition) is 4. The average molecular weight is 373 g/mol. The normalized spacial score (nSPS) is 18.2. The third kappa shape index (κ3) is 4.07. The molecule has 0 spiro atoms. The Balaban J connectivity index is 1.67. The zero-order chi connectivity index (χ0) is 19.6. The fourth-order valence-corrected chi connectivity index (χ4v) is 3.36. The van der Waals surface area contributed by atoms with Gasteiger partial charge in [0.2, 0.25) is 17.7 Å². The van der Waals surface area contributed by atoms with Crippen LogP contribution in [0.2, 0.25) is 0 Å². The number of benzene rings is 1. The van der Waals surface area contributed by atoms with E-state index in [9.17, 15) is 14.4 Å². The fraction of sp³-hybridized carbons (Fsp3) is 0.550. The second kappa shape index (κ2) is 7.58. The first-order valence-electron chi connectivity index (χ1n) is 9.45. The zero-order valence-corrected chi connectivity index (χ0v) is 16.2. The van der Waals surface area contributed by atoms with Gasteiger partial charge in [-0.1, -0.05) is 12.1 Å². The van der Waals surface area contributed by atoms with Crippen LogP contribution in [0.15, 0.2) is 24.3 Å². The largest absolute Gasteiger partial charge is 0.489 e. The van der Waals surface area contributed by atoms with Crippen LogP contribution in [0.4, 0.5) is 5.69 Å². The van der Waals surface area contributed by atoms with Crippen LogP contribution in [-0.4, -0.2) is 59.8 Å². The van der Waals surface area contributed by atoms with Gasteiger partial charge in [0.25, 0.3) is 0 Å². The van der Waals surface area contributed by atoms with Gasteiger partial charge >= 0.3 is 0 Å². The molecule has 0 radical (unpaired) electrons. The maximum absolute atomic E-state index is 13.0. The van der Waals surface area contributed by atoms with Crippen molar-refractivity contribution in [2.75, 3.05) is 31.5 Å². The number of carbonyl (C=O) groups is 3. The summed E-state index contributed by atoms with van der Waals surface area (Å²) >= 11 is 0. The highest BCUT2D eigenvalue weighted by Crippen LogP contribution is 2.48. The number of anilines is 1. The Hall–Kier alpha value is -2.57. The maximum Gasteiger partial charge on any atom is 0.240 e. The minimum atomic E-state index is -0.983. The molecule has 3 rings (SSSR count). The van der Waals surface area contributed by atoms with Crippen LogP contribution in [0.5, 0.6) is 5.75 Å². The second-order valence-electron chi connectivity index (χ2n) is 7.50. The smallest absolute Gasteiger partial charge is 0.240 e. The van der Waals surface area contributed by atoms with Gasteiger partial charge in [-0.05, 0) is 38.8 Å². The Bertz CT molecular complexity index is 734. The van der Waals surface area contributed by atoms with Crippen molar-refractivity contribution in [3.63, 3.8) is 0 Å². The van der Waals surface area contributed by atoms with Gasteiger partial charge in [0.15, 0.2) is 0 Å². The Kier molecular flexibility index (Phi) is 5.39. The monoisotopic (exact) mass is 373 g/mol. The number of ether oxygens (including phenoxy) is 1. The van der Waals surface area contributed by atoms with Crippen molar-refractivity contribution < 1.29 is 19.1 Å². The van der Waals surface area contributed by atoms with E-state index in [1.807, 2.05) is 26.0 Å². The molecule has 1 saturated carbocycles. The fourth-order valence-electron chi connectivity index (χ4n) is 3.36. The van der Waals surface area contributed by atoms with Gasteiger partial charge in [-0.3, -0.25) is 14.4 Å². The first-order valence-corrected chi connectivity index (χ1v) is 9.45. The highest BCUT2D eigenvalue weighted by atomic mass is 16.5. The lowest BCUT2D eigenvalue weighted by Crippen LogP contribution is -2.53. The first kappa shape index (κ1) is 19.2. The predicted molar refractivity (Wildman–Crippen MR) is 101 cm³/mol. The molecule has 1 saturated heterocycles. The van der Waals surface area contributed by atoms with Gasteiger partial charge in [0.1, 0.15) is 11.2 Å². The van der Waals surface area contributed by atoms with Crippen molar-refractivity contribution in [1.82, 2.24) is 9.80 Å². The van der Waals surface area contributed by atoms with E-state index in [0.29, 0.717) is 50.5 Å². The summed E-state index contributed by atoms with van der Waals surface area (Å²) in [5.74, 6) is 0.202. The quantitative estimate of drug-likeness (QED) is 0.800. The van der Waals surface area contributed by atoms with Crippen molar-refractivity contribution in [2.24, 2.45) is 5.41 Å². The lowest BCUT2D eigenvalue weighted by atomic mass is 10.0. The van der Waals surface area contributed by atoms with Crippen molar-refractivity contribution in [2.45, 2.75) is 39.7 Å². The van der Waals surface area contributed by atoms with Crippen LogP contribution < -0.4 is 10.1 Å². The number of hydrogen-bond donors (Lipinski definition) is 1. The standard InChI is InChI=1S/C20H27N3O4/c1-14(2)27-17-7-5-4-6-16(17)21-18(25)20(8-9-20)19(26)23-12-10-22(11-13-23)15(3)24/h4-7,14H,8-13H2,1-3H3,(H,21,25). The van der Waals surface area contributed by atoms with Crippen molar-refractivity contribution in [3.8, 4) is 5.75 Å². The molecule has 0 aromatic heterocycles. The van der Waals surface area contributed by atoms with E-state index < -0.39 is 5.41 Å². The molecule has 27 heavy (non-hydrogen) atoms. The molecule has 0 unspecified atom stereocenters. The van der Waals surface area contributed by atoms with Gasteiger partial charge in [0.05, 0.1) is 11.8 Å². The number of nitrogens with one attached hydrogen (secondary N) is 1. The molecule has 1 aromatic carbocycles. The van der Waals surface area contributed by atoms with Gasteiger partial charge in [0, 0.05) is 33.1 Å². The highest BCUT2D eigenvalue weighted by molar-refractivity contribution is 6.13. The summed E-state index contributed by atoms with van der Waals surface area (Å²) in [5.41, 5.74) is -0.403. The van der Waals surface area contributed by atoms with Gasteiger partial charge in [-0.25, -0.2) is 0 Å². The highest BCUT2D eigenvalue weighted by Gasteiger charge is 2.58. The second-order valence-corrected chi connectivity index (χ2v) is 7.50. The molecule has 1 aliphatic heterocycles. The van der Waals surface area contributed by atoms with Crippen LogP contribution in [0.25, 0.3) is 0 Å². The third-order valence-electron chi connectivity index (χ3n) is 5.10. The third-order valence-corrected chi connectivity index (χ3v) is 5.10. The summed E-state index contributed by atoms with van der Waals surface area (Å²) in [7, 11) is 0. The maximum atomic E-state index is 13.0. The minimum absolute atomic E-state index is 0.0164. The van der Waals surface area contributed by atoms with E-state index >= 15 is 0 Å². The molecule has 1 aromatic rings. The molecule has 1 aliphatic carbocycles. The number of amides is 3. The van der Waals surface area contributed by atoms with Crippen molar-refractivity contribution in [1.29, 1.82) is 0 Å². The molecule has 2 fully saturated rings. The summed E-state index contributed by atoms with van der Waals surface area (Å²) in [5, 5.41) is 2.89. The average Bonchev–Trinajstić information content (AvgIpc) is 3.44. The zero-order valence-electron chi connectivity index (χ0n) is 16.2. The molecule has 2 aliphatic rings. The van der Waals surface area contributed by atoms with Crippen LogP contribution in [0.1, 0.15) is 33.6 Å². The molecule has 0 bridgehead atoms. The summed E-state index contributed by atoms with van der Waals surface area (Å²) < 4.78 is 5.74. The van der Waals surface area contributed by atoms with Crippen LogP contribution in [0.3, 0.4) is 0 Å². The Morgan fingerprint density at radius 2 is 1.63 bits per heavy atom. The van der Waals surface area contributed by atoms with E-state index in [0.717, 1.165) is 0 Å². The van der Waals surface area contributed by atoms with Crippen LogP contribution in [0, 0.1) is 5.41 Å². The number of carbonyl (C=O) groups excluding carboxylic acids is 3. The molecular formula is C20H27N3O4. The van der Waals surface area contributed by atoms with Gasteiger partial charge < -0.3 is 19.9 Å². The van der Waals surface area contributed by atoms with Crippen molar-refractivity contribution >= 4 is 23.4 Å². The number of nitrogens with zero attached hydrogens (tertiary/aromatic N) is 2. The van der Waals surface area contributed by atoms with Crippen LogP contribution >= 0.6 is 0 Å². The number of rotatable bonds is 5. The molecular weight excluding hydrogens is 346 g/mol. The summed E-state index contributed by atoms with van der Waals surface area (Å²) in [6.07, 6.45) is 1.09. The Labute approximate surface area is 159 Å². The van der Waals surface area contributed by atoms with Crippen molar-refractivity contribution in [3.05, 3.63) is 24.3 Å². The topological polar surface area (TPSA) is 79.0 Å². The number of para-hydroxylation sites is 2.